The van der Waals surface area contributed by atoms with Gasteiger partial charge in [-0.3, -0.25) is 9.59 Å². The van der Waals surface area contributed by atoms with Gasteiger partial charge in [-0.25, -0.2) is 4.98 Å². The molecule has 2 aromatic rings. The van der Waals surface area contributed by atoms with Gasteiger partial charge in [0.1, 0.15) is 0 Å². The third-order valence-corrected chi connectivity index (χ3v) is 4.81. The van der Waals surface area contributed by atoms with Crippen molar-refractivity contribution in [2.75, 3.05) is 23.3 Å². The zero-order valence-corrected chi connectivity index (χ0v) is 14.4. The minimum absolute atomic E-state index is 0.311. The fourth-order valence-corrected chi connectivity index (χ4v) is 3.46. The molecule has 0 atom stereocenters. The van der Waals surface area contributed by atoms with Crippen molar-refractivity contribution in [3.8, 4) is 0 Å². The number of benzene rings is 1. The molecule has 2 N–H and O–H groups in total. The first-order chi connectivity index (χ1) is 11.6. The Hall–Kier alpha value is -2.41. The molecule has 0 aliphatic carbocycles. The van der Waals surface area contributed by atoms with Crippen LogP contribution in [-0.4, -0.2) is 29.9 Å². The van der Waals surface area contributed by atoms with E-state index in [2.05, 4.69) is 20.5 Å². The van der Waals surface area contributed by atoms with E-state index in [1.165, 1.54) is 11.3 Å². The van der Waals surface area contributed by atoms with E-state index in [9.17, 15) is 9.59 Å². The summed E-state index contributed by atoms with van der Waals surface area (Å²) in [6.07, 6.45) is 4.01. The number of aromatic nitrogens is 1. The molecule has 1 aromatic carbocycles. The number of aryl methyl sites for hydroxylation is 1. The van der Waals surface area contributed by atoms with Crippen LogP contribution in [0.1, 0.15) is 22.7 Å². The number of rotatable bonds is 4. The lowest BCUT2D eigenvalue weighted by molar-refractivity contribution is -0.136. The van der Waals surface area contributed by atoms with E-state index in [4.69, 9.17) is 0 Å². The monoisotopic (exact) mass is 344 g/mol. The Balaban J connectivity index is 1.60. The van der Waals surface area contributed by atoms with Gasteiger partial charge in [0, 0.05) is 24.2 Å². The number of amides is 2. The molecule has 0 unspecified atom stereocenters. The molecule has 0 radical (unpaired) electrons. The van der Waals surface area contributed by atoms with Gasteiger partial charge in [-0.05, 0) is 31.9 Å². The lowest BCUT2D eigenvalue weighted by Gasteiger charge is -2.21. The smallest absolute Gasteiger partial charge is 0.313 e. The number of carbonyl (C=O) groups is 2. The summed E-state index contributed by atoms with van der Waals surface area (Å²) in [6, 6.07) is 7.59. The molecular weight excluding hydrogens is 324 g/mol. The van der Waals surface area contributed by atoms with Gasteiger partial charge >= 0.3 is 11.8 Å². The molecule has 6 nitrogen and oxygen atoms in total. The van der Waals surface area contributed by atoms with E-state index in [0.29, 0.717) is 12.2 Å². The molecule has 0 saturated carbocycles. The molecule has 1 aliphatic rings. The second-order valence-electron chi connectivity index (χ2n) is 5.69. The van der Waals surface area contributed by atoms with Crippen LogP contribution < -0.4 is 15.5 Å². The molecule has 2 heterocycles. The molecule has 7 heteroatoms. The minimum atomic E-state index is -0.650. The maximum absolute atomic E-state index is 12.2. The Kier molecular flexibility index (Phi) is 5.10. The standard InChI is InChI=1S/C17H20N4O2S/c1-12-18-10-13(24-12)11-19-16(22)17(23)20-14-6-2-3-7-15(14)21-8-4-5-9-21/h2-3,6-7,10H,4-5,8-9,11H2,1H3,(H,19,22)(H,20,23). The molecule has 0 bridgehead atoms. The van der Waals surface area contributed by atoms with Crippen LogP contribution >= 0.6 is 11.3 Å². The van der Waals surface area contributed by atoms with Gasteiger partial charge in [-0.1, -0.05) is 12.1 Å². The number of nitrogens with one attached hydrogen (secondary N) is 2. The summed E-state index contributed by atoms with van der Waals surface area (Å²) in [5.74, 6) is -1.29. The van der Waals surface area contributed by atoms with Crippen LogP contribution in [0.2, 0.25) is 0 Å². The van der Waals surface area contributed by atoms with E-state index in [1.807, 2.05) is 31.2 Å². The quantitative estimate of drug-likeness (QED) is 0.835. The maximum atomic E-state index is 12.2. The summed E-state index contributed by atoms with van der Waals surface area (Å²) in [6.45, 7) is 4.16. The number of nitrogens with zero attached hydrogens (tertiary/aromatic N) is 2. The van der Waals surface area contributed by atoms with Crippen LogP contribution in [0.4, 0.5) is 11.4 Å². The third-order valence-electron chi connectivity index (χ3n) is 3.90. The maximum Gasteiger partial charge on any atom is 0.313 e. The van der Waals surface area contributed by atoms with Gasteiger partial charge in [0.25, 0.3) is 0 Å². The minimum Gasteiger partial charge on any atom is -0.370 e. The predicted octanol–water partition coefficient (Wildman–Crippen LogP) is 2.31. The highest BCUT2D eigenvalue weighted by molar-refractivity contribution is 7.11. The number of carbonyl (C=O) groups excluding carboxylic acids is 2. The fraction of sp³-hybridized carbons (Fsp3) is 0.353. The number of hydrogen-bond donors (Lipinski definition) is 2. The second-order valence-corrected chi connectivity index (χ2v) is 7.01. The number of hydrogen-bond acceptors (Lipinski definition) is 5. The van der Waals surface area contributed by atoms with Gasteiger partial charge in [0.15, 0.2) is 0 Å². The van der Waals surface area contributed by atoms with E-state index in [0.717, 1.165) is 41.5 Å². The van der Waals surface area contributed by atoms with Gasteiger partial charge in [-0.2, -0.15) is 0 Å². The molecule has 2 amide bonds. The van der Waals surface area contributed by atoms with Crippen LogP contribution in [-0.2, 0) is 16.1 Å². The Morgan fingerprint density at radius 1 is 1.21 bits per heavy atom. The van der Waals surface area contributed by atoms with Crippen LogP contribution in [0.15, 0.2) is 30.5 Å². The molecule has 1 aliphatic heterocycles. The van der Waals surface area contributed by atoms with E-state index in [-0.39, 0.29) is 0 Å². The molecular formula is C17H20N4O2S. The second kappa shape index (κ2) is 7.44. The highest BCUT2D eigenvalue weighted by Gasteiger charge is 2.19. The fourth-order valence-electron chi connectivity index (χ4n) is 2.73. The van der Waals surface area contributed by atoms with Crippen LogP contribution in [0, 0.1) is 6.92 Å². The highest BCUT2D eigenvalue weighted by atomic mass is 32.1. The van der Waals surface area contributed by atoms with Crippen molar-refractivity contribution in [2.24, 2.45) is 0 Å². The SMILES string of the molecule is Cc1ncc(CNC(=O)C(=O)Nc2ccccc2N2CCCC2)s1. The largest absolute Gasteiger partial charge is 0.370 e. The van der Waals surface area contributed by atoms with Gasteiger partial charge in [0.2, 0.25) is 0 Å². The normalized spacial score (nSPS) is 13.8. The van der Waals surface area contributed by atoms with Crippen molar-refractivity contribution in [1.82, 2.24) is 10.3 Å². The third kappa shape index (κ3) is 3.91. The zero-order valence-electron chi connectivity index (χ0n) is 13.5. The van der Waals surface area contributed by atoms with Crippen molar-refractivity contribution < 1.29 is 9.59 Å². The summed E-state index contributed by atoms with van der Waals surface area (Å²) >= 11 is 1.50. The van der Waals surface area contributed by atoms with Crippen molar-refractivity contribution in [1.29, 1.82) is 0 Å². The molecule has 0 spiro atoms. The van der Waals surface area contributed by atoms with Crippen LogP contribution in [0.25, 0.3) is 0 Å². The summed E-state index contributed by atoms with van der Waals surface area (Å²) < 4.78 is 0. The van der Waals surface area contributed by atoms with Crippen molar-refractivity contribution in [3.05, 3.63) is 40.3 Å². The molecule has 3 rings (SSSR count). The van der Waals surface area contributed by atoms with E-state index in [1.54, 1.807) is 6.20 Å². The van der Waals surface area contributed by atoms with Gasteiger partial charge in [-0.15, -0.1) is 11.3 Å². The molecule has 24 heavy (non-hydrogen) atoms. The summed E-state index contributed by atoms with van der Waals surface area (Å²) in [5, 5.41) is 6.28. The lowest BCUT2D eigenvalue weighted by Crippen LogP contribution is -2.35. The zero-order chi connectivity index (χ0) is 16.9. The van der Waals surface area contributed by atoms with Crippen molar-refractivity contribution >= 4 is 34.5 Å². The molecule has 126 valence electrons. The highest BCUT2D eigenvalue weighted by Crippen LogP contribution is 2.28. The number of para-hydroxylation sites is 2. The van der Waals surface area contributed by atoms with E-state index >= 15 is 0 Å². The van der Waals surface area contributed by atoms with Crippen molar-refractivity contribution in [2.45, 2.75) is 26.3 Å². The summed E-state index contributed by atoms with van der Waals surface area (Å²) in [7, 11) is 0. The Morgan fingerprint density at radius 2 is 1.96 bits per heavy atom. The summed E-state index contributed by atoms with van der Waals surface area (Å²) in [4.78, 5) is 31.4. The Morgan fingerprint density at radius 3 is 2.67 bits per heavy atom. The van der Waals surface area contributed by atoms with Gasteiger partial charge in [0.05, 0.1) is 22.9 Å². The molecule has 1 fully saturated rings. The number of thiazole rings is 1. The first kappa shape index (κ1) is 16.4. The first-order valence-electron chi connectivity index (χ1n) is 7.98. The van der Waals surface area contributed by atoms with Gasteiger partial charge < -0.3 is 15.5 Å². The summed E-state index contributed by atoms with van der Waals surface area (Å²) in [5.41, 5.74) is 1.64. The Bertz CT molecular complexity index is 738. The molecule has 1 aromatic heterocycles. The predicted molar refractivity (Wildman–Crippen MR) is 95.2 cm³/mol. The average Bonchev–Trinajstić information content (AvgIpc) is 3.24. The topological polar surface area (TPSA) is 74.3 Å². The van der Waals surface area contributed by atoms with Crippen LogP contribution in [0.5, 0.6) is 0 Å². The van der Waals surface area contributed by atoms with Crippen LogP contribution in [0.3, 0.4) is 0 Å². The number of anilines is 2. The average molecular weight is 344 g/mol. The van der Waals surface area contributed by atoms with E-state index < -0.39 is 11.8 Å². The lowest BCUT2D eigenvalue weighted by atomic mass is 10.2. The van der Waals surface area contributed by atoms with Crippen molar-refractivity contribution in [3.63, 3.8) is 0 Å². The first-order valence-corrected chi connectivity index (χ1v) is 8.79. The molecule has 1 saturated heterocycles. The Labute approximate surface area is 144 Å².